The predicted molar refractivity (Wildman–Crippen MR) is 80.4 cm³/mol. The van der Waals surface area contributed by atoms with Crippen LogP contribution in [0.4, 0.5) is 4.39 Å². The normalized spacial score (nSPS) is 24.7. The quantitative estimate of drug-likeness (QED) is 0.856. The molecular formula is C17H21FN2O2. The summed E-state index contributed by atoms with van der Waals surface area (Å²) in [6.07, 6.45) is 2.55. The summed E-state index contributed by atoms with van der Waals surface area (Å²) in [7, 11) is 3.48. The van der Waals surface area contributed by atoms with Gasteiger partial charge in [-0.3, -0.25) is 9.59 Å². The number of hydrogen-bond acceptors (Lipinski definition) is 2. The number of hydrogen-bond donors (Lipinski definition) is 0. The van der Waals surface area contributed by atoms with Crippen molar-refractivity contribution in [2.24, 2.45) is 11.8 Å². The number of rotatable bonds is 4. The van der Waals surface area contributed by atoms with E-state index in [2.05, 4.69) is 0 Å². The van der Waals surface area contributed by atoms with Crippen LogP contribution >= 0.6 is 0 Å². The van der Waals surface area contributed by atoms with Gasteiger partial charge in [-0.15, -0.1) is 0 Å². The average molecular weight is 304 g/mol. The molecule has 0 N–H and O–H groups in total. The van der Waals surface area contributed by atoms with Crippen LogP contribution in [0, 0.1) is 17.7 Å². The molecular weight excluding hydrogens is 283 g/mol. The van der Waals surface area contributed by atoms with Gasteiger partial charge >= 0.3 is 0 Å². The lowest BCUT2D eigenvalue weighted by molar-refractivity contribution is -0.135. The third-order valence-electron chi connectivity index (χ3n) is 4.70. The number of amides is 2. The molecule has 2 atom stereocenters. The summed E-state index contributed by atoms with van der Waals surface area (Å²) in [4.78, 5) is 28.1. The van der Waals surface area contributed by atoms with Crippen molar-refractivity contribution in [1.82, 2.24) is 9.80 Å². The maximum atomic E-state index is 13.5. The number of carbonyl (C=O) groups is 2. The van der Waals surface area contributed by atoms with Crippen molar-refractivity contribution >= 4 is 11.8 Å². The van der Waals surface area contributed by atoms with Gasteiger partial charge < -0.3 is 9.80 Å². The van der Waals surface area contributed by atoms with Gasteiger partial charge in [0.1, 0.15) is 5.82 Å². The molecule has 1 saturated carbocycles. The molecule has 4 nitrogen and oxygen atoms in total. The molecule has 0 radical (unpaired) electrons. The van der Waals surface area contributed by atoms with Crippen molar-refractivity contribution in [3.63, 3.8) is 0 Å². The topological polar surface area (TPSA) is 40.6 Å². The lowest BCUT2D eigenvalue weighted by Crippen LogP contribution is -2.37. The first-order valence-electron chi connectivity index (χ1n) is 7.73. The van der Waals surface area contributed by atoms with E-state index < -0.39 is 5.92 Å². The van der Waals surface area contributed by atoms with Crippen molar-refractivity contribution in [2.45, 2.75) is 25.3 Å². The van der Waals surface area contributed by atoms with Crippen LogP contribution in [-0.4, -0.2) is 42.3 Å². The van der Waals surface area contributed by atoms with E-state index in [0.29, 0.717) is 11.5 Å². The highest BCUT2D eigenvalue weighted by molar-refractivity contribution is 5.90. The zero-order chi connectivity index (χ0) is 15.9. The fourth-order valence-electron chi connectivity index (χ4n) is 3.30. The van der Waals surface area contributed by atoms with Gasteiger partial charge in [-0.2, -0.15) is 0 Å². The first-order valence-corrected chi connectivity index (χ1v) is 7.73. The summed E-state index contributed by atoms with van der Waals surface area (Å²) in [5.41, 5.74) is 0.687. The van der Waals surface area contributed by atoms with Crippen LogP contribution in [0.3, 0.4) is 0 Å². The summed E-state index contributed by atoms with van der Waals surface area (Å²) < 4.78 is 13.5. The predicted octanol–water partition coefficient (Wildman–Crippen LogP) is 2.21. The van der Waals surface area contributed by atoms with E-state index in [1.807, 2.05) is 0 Å². The minimum absolute atomic E-state index is 0.0149. The highest BCUT2D eigenvalue weighted by atomic mass is 19.1. The Bertz CT molecular complexity index is 600. The molecule has 2 fully saturated rings. The summed E-state index contributed by atoms with van der Waals surface area (Å²) in [5.74, 6) is -0.242. The SMILES string of the molecule is CN(CC1CC1)C(=O)[C@@H]1CC(=O)N(C)[C@@H]1c1cccc(F)c1. The Kier molecular flexibility index (Phi) is 3.89. The molecule has 3 rings (SSSR count). The zero-order valence-corrected chi connectivity index (χ0v) is 13.0. The molecule has 0 unspecified atom stereocenters. The first-order chi connectivity index (χ1) is 10.5. The number of benzene rings is 1. The fourth-order valence-corrected chi connectivity index (χ4v) is 3.30. The molecule has 118 valence electrons. The molecule has 0 spiro atoms. The van der Waals surface area contributed by atoms with Gasteiger partial charge in [0, 0.05) is 27.1 Å². The molecule has 1 aliphatic carbocycles. The average Bonchev–Trinajstić information content (AvgIpc) is 3.24. The largest absolute Gasteiger partial charge is 0.345 e. The monoisotopic (exact) mass is 304 g/mol. The van der Waals surface area contributed by atoms with Gasteiger partial charge in [-0.05, 0) is 36.5 Å². The second kappa shape index (κ2) is 5.71. The van der Waals surface area contributed by atoms with Gasteiger partial charge in [0.15, 0.2) is 0 Å². The van der Waals surface area contributed by atoms with Gasteiger partial charge in [0.05, 0.1) is 12.0 Å². The molecule has 1 heterocycles. The molecule has 1 aliphatic heterocycles. The van der Waals surface area contributed by atoms with E-state index >= 15 is 0 Å². The van der Waals surface area contributed by atoms with E-state index in [-0.39, 0.29) is 30.1 Å². The van der Waals surface area contributed by atoms with Gasteiger partial charge in [-0.25, -0.2) is 4.39 Å². The van der Waals surface area contributed by atoms with Crippen LogP contribution in [0.1, 0.15) is 30.9 Å². The van der Waals surface area contributed by atoms with E-state index in [0.717, 1.165) is 6.54 Å². The smallest absolute Gasteiger partial charge is 0.228 e. The Morgan fingerprint density at radius 3 is 2.77 bits per heavy atom. The van der Waals surface area contributed by atoms with Crippen molar-refractivity contribution in [3.8, 4) is 0 Å². The molecule has 22 heavy (non-hydrogen) atoms. The fraction of sp³-hybridized carbons (Fsp3) is 0.529. The summed E-state index contributed by atoms with van der Waals surface area (Å²) in [6, 6.07) is 5.82. The zero-order valence-electron chi connectivity index (χ0n) is 13.0. The maximum Gasteiger partial charge on any atom is 0.228 e. The van der Waals surface area contributed by atoms with Crippen LogP contribution in [-0.2, 0) is 9.59 Å². The van der Waals surface area contributed by atoms with E-state index in [9.17, 15) is 14.0 Å². The number of likely N-dealkylation sites (tertiary alicyclic amines) is 1. The Morgan fingerprint density at radius 1 is 1.41 bits per heavy atom. The highest BCUT2D eigenvalue weighted by Gasteiger charge is 2.44. The molecule has 2 aliphatic rings. The Labute approximate surface area is 129 Å². The second-order valence-electron chi connectivity index (χ2n) is 6.48. The molecule has 1 saturated heterocycles. The minimum atomic E-state index is -0.428. The van der Waals surface area contributed by atoms with Gasteiger partial charge in [0.25, 0.3) is 0 Å². The Morgan fingerprint density at radius 2 is 2.14 bits per heavy atom. The van der Waals surface area contributed by atoms with Crippen molar-refractivity contribution < 1.29 is 14.0 Å². The highest BCUT2D eigenvalue weighted by Crippen LogP contribution is 2.39. The maximum absolute atomic E-state index is 13.5. The third-order valence-corrected chi connectivity index (χ3v) is 4.70. The number of carbonyl (C=O) groups excluding carboxylic acids is 2. The molecule has 0 bridgehead atoms. The van der Waals surface area contributed by atoms with Crippen LogP contribution in [0.2, 0.25) is 0 Å². The van der Waals surface area contributed by atoms with Crippen LogP contribution < -0.4 is 0 Å². The summed E-state index contributed by atoms with van der Waals surface area (Å²) >= 11 is 0. The van der Waals surface area contributed by atoms with Crippen molar-refractivity contribution in [3.05, 3.63) is 35.6 Å². The van der Waals surface area contributed by atoms with Crippen LogP contribution in [0.5, 0.6) is 0 Å². The van der Waals surface area contributed by atoms with Gasteiger partial charge in [-0.1, -0.05) is 12.1 Å². The summed E-state index contributed by atoms with van der Waals surface area (Å²) in [5, 5.41) is 0. The lowest BCUT2D eigenvalue weighted by Gasteiger charge is -2.28. The first kappa shape index (κ1) is 15.0. The standard InChI is InChI=1S/C17H21FN2O2/c1-19(10-11-6-7-11)17(22)14-9-15(21)20(2)16(14)12-4-3-5-13(18)8-12/h3-5,8,11,14,16H,6-7,9-10H2,1-2H3/t14-,16-/m1/s1. The Balaban J connectivity index is 1.84. The molecule has 1 aromatic rings. The second-order valence-corrected chi connectivity index (χ2v) is 6.48. The minimum Gasteiger partial charge on any atom is -0.345 e. The molecule has 2 amide bonds. The van der Waals surface area contributed by atoms with Crippen molar-refractivity contribution in [1.29, 1.82) is 0 Å². The van der Waals surface area contributed by atoms with Crippen LogP contribution in [0.25, 0.3) is 0 Å². The summed E-state index contributed by atoms with van der Waals surface area (Å²) in [6.45, 7) is 0.753. The van der Waals surface area contributed by atoms with Crippen molar-refractivity contribution in [2.75, 3.05) is 20.6 Å². The molecule has 0 aromatic heterocycles. The number of halogens is 1. The third kappa shape index (κ3) is 2.85. The van der Waals surface area contributed by atoms with E-state index in [1.54, 1.807) is 36.0 Å². The van der Waals surface area contributed by atoms with E-state index in [4.69, 9.17) is 0 Å². The Hall–Kier alpha value is -1.91. The van der Waals surface area contributed by atoms with E-state index in [1.165, 1.54) is 25.0 Å². The number of nitrogens with zero attached hydrogens (tertiary/aromatic N) is 2. The molecule has 1 aromatic carbocycles. The lowest BCUT2D eigenvalue weighted by atomic mass is 9.92. The molecule has 5 heteroatoms. The van der Waals surface area contributed by atoms with Crippen LogP contribution in [0.15, 0.2) is 24.3 Å². The van der Waals surface area contributed by atoms with Gasteiger partial charge in [0.2, 0.25) is 11.8 Å².